The van der Waals surface area contributed by atoms with Crippen LogP contribution >= 0.6 is 11.6 Å². The van der Waals surface area contributed by atoms with Crippen molar-refractivity contribution in [1.29, 1.82) is 0 Å². The van der Waals surface area contributed by atoms with Gasteiger partial charge >= 0.3 is 0 Å². The second-order valence-corrected chi connectivity index (χ2v) is 7.74. The quantitative estimate of drug-likeness (QED) is 0.382. The first-order chi connectivity index (χ1) is 15.7. The molecule has 160 valence electrons. The minimum absolute atomic E-state index is 0.0322. The van der Waals surface area contributed by atoms with E-state index in [4.69, 9.17) is 11.6 Å². The van der Waals surface area contributed by atoms with Gasteiger partial charge in [-0.15, -0.1) is 0 Å². The SMILES string of the molecule is O=C(Nc1ccccc1Nc1nc(Nc2ccc(-n3cncn3)cc2)ncc1Cl)C1CC1. The Balaban J connectivity index is 1.33. The molecule has 0 saturated heterocycles. The van der Waals surface area contributed by atoms with E-state index in [-0.39, 0.29) is 11.8 Å². The Morgan fingerprint density at radius 3 is 2.53 bits per heavy atom. The van der Waals surface area contributed by atoms with Crippen molar-refractivity contribution in [3.8, 4) is 5.69 Å². The van der Waals surface area contributed by atoms with E-state index in [2.05, 4.69) is 36.0 Å². The van der Waals surface area contributed by atoms with Crippen molar-refractivity contribution in [3.63, 3.8) is 0 Å². The third-order valence-electron chi connectivity index (χ3n) is 4.94. The number of para-hydroxylation sites is 2. The number of aromatic nitrogens is 5. The summed E-state index contributed by atoms with van der Waals surface area (Å²) < 4.78 is 1.67. The number of nitrogens with zero attached hydrogens (tertiary/aromatic N) is 5. The van der Waals surface area contributed by atoms with Crippen LogP contribution in [0.25, 0.3) is 5.69 Å². The van der Waals surface area contributed by atoms with Gasteiger partial charge < -0.3 is 16.0 Å². The third-order valence-corrected chi connectivity index (χ3v) is 5.21. The average molecular weight is 447 g/mol. The van der Waals surface area contributed by atoms with Gasteiger partial charge in [-0.2, -0.15) is 10.1 Å². The Labute approximate surface area is 188 Å². The molecule has 3 N–H and O–H groups in total. The number of carbonyl (C=O) groups is 1. The van der Waals surface area contributed by atoms with Crippen LogP contribution in [0.4, 0.5) is 28.8 Å². The summed E-state index contributed by atoms with van der Waals surface area (Å²) in [5.41, 5.74) is 3.07. The van der Waals surface area contributed by atoms with E-state index in [0.717, 1.165) is 24.2 Å². The minimum Gasteiger partial charge on any atom is -0.337 e. The maximum Gasteiger partial charge on any atom is 0.229 e. The first-order valence-electron chi connectivity index (χ1n) is 10.1. The highest BCUT2D eigenvalue weighted by Gasteiger charge is 2.30. The molecule has 32 heavy (non-hydrogen) atoms. The van der Waals surface area contributed by atoms with Crippen LogP contribution in [-0.4, -0.2) is 30.6 Å². The summed E-state index contributed by atoms with van der Waals surface area (Å²) in [5, 5.41) is 13.8. The summed E-state index contributed by atoms with van der Waals surface area (Å²) in [6.07, 6.45) is 6.52. The molecule has 0 unspecified atom stereocenters. The van der Waals surface area contributed by atoms with Crippen molar-refractivity contribution in [2.24, 2.45) is 5.92 Å². The van der Waals surface area contributed by atoms with Crippen LogP contribution in [0.15, 0.2) is 67.4 Å². The molecule has 2 aromatic heterocycles. The van der Waals surface area contributed by atoms with Crippen molar-refractivity contribution in [3.05, 3.63) is 72.4 Å². The van der Waals surface area contributed by atoms with Gasteiger partial charge in [-0.1, -0.05) is 23.7 Å². The van der Waals surface area contributed by atoms with Gasteiger partial charge in [0.2, 0.25) is 11.9 Å². The van der Waals surface area contributed by atoms with E-state index in [1.807, 2.05) is 48.5 Å². The largest absolute Gasteiger partial charge is 0.337 e. The molecule has 0 spiro atoms. The molecule has 4 aromatic rings. The lowest BCUT2D eigenvalue weighted by Crippen LogP contribution is -2.14. The van der Waals surface area contributed by atoms with Crippen molar-refractivity contribution >= 4 is 46.3 Å². The highest BCUT2D eigenvalue weighted by Crippen LogP contribution is 2.33. The zero-order chi connectivity index (χ0) is 21.9. The van der Waals surface area contributed by atoms with Gasteiger partial charge in [0.1, 0.15) is 17.7 Å². The van der Waals surface area contributed by atoms with Gasteiger partial charge in [0.15, 0.2) is 5.82 Å². The number of nitrogens with one attached hydrogen (secondary N) is 3. The van der Waals surface area contributed by atoms with Gasteiger partial charge in [0.05, 0.1) is 23.3 Å². The van der Waals surface area contributed by atoms with Crippen LogP contribution in [-0.2, 0) is 4.79 Å². The molecular formula is C22H19ClN8O. The predicted molar refractivity (Wildman–Crippen MR) is 123 cm³/mol. The fourth-order valence-corrected chi connectivity index (χ4v) is 3.23. The molecule has 9 nitrogen and oxygen atoms in total. The number of halogens is 1. The molecule has 2 aromatic carbocycles. The number of hydrogen-bond acceptors (Lipinski definition) is 7. The summed E-state index contributed by atoms with van der Waals surface area (Å²) in [7, 11) is 0. The zero-order valence-corrected chi connectivity index (χ0v) is 17.6. The standard InChI is InChI=1S/C22H19ClN8O/c23-17-11-25-22(27-15-7-9-16(10-8-15)31-13-24-12-26-31)30-20(17)28-18-3-1-2-4-19(18)29-21(32)14-5-6-14/h1-4,7-14H,5-6H2,(H,29,32)(H2,25,27,28,30). The maximum absolute atomic E-state index is 12.2. The van der Waals surface area contributed by atoms with Crippen molar-refractivity contribution in [2.45, 2.75) is 12.8 Å². The Hall–Kier alpha value is -3.98. The fourth-order valence-electron chi connectivity index (χ4n) is 3.09. The van der Waals surface area contributed by atoms with E-state index >= 15 is 0 Å². The number of rotatable bonds is 7. The average Bonchev–Trinajstić information content (AvgIpc) is 3.52. The van der Waals surface area contributed by atoms with Gasteiger partial charge in [-0.05, 0) is 49.2 Å². The molecule has 1 saturated carbocycles. The van der Waals surface area contributed by atoms with Crippen LogP contribution in [0.5, 0.6) is 0 Å². The predicted octanol–water partition coefficient (Wildman–Crippen LogP) is 4.55. The third kappa shape index (κ3) is 4.52. The number of carbonyl (C=O) groups excluding carboxylic acids is 1. The second-order valence-electron chi connectivity index (χ2n) is 7.34. The highest BCUT2D eigenvalue weighted by molar-refractivity contribution is 6.33. The fraction of sp³-hybridized carbons (Fsp3) is 0.136. The molecule has 0 bridgehead atoms. The van der Waals surface area contributed by atoms with Gasteiger partial charge in [-0.25, -0.2) is 14.6 Å². The van der Waals surface area contributed by atoms with Crippen LogP contribution in [0, 0.1) is 5.92 Å². The lowest BCUT2D eigenvalue weighted by molar-refractivity contribution is -0.117. The van der Waals surface area contributed by atoms with Crippen LogP contribution in [0.1, 0.15) is 12.8 Å². The molecular weight excluding hydrogens is 428 g/mol. The molecule has 10 heteroatoms. The number of benzene rings is 2. The molecule has 1 aliphatic rings. The smallest absolute Gasteiger partial charge is 0.229 e. The van der Waals surface area contributed by atoms with E-state index < -0.39 is 0 Å². The molecule has 0 radical (unpaired) electrons. The van der Waals surface area contributed by atoms with Crippen LogP contribution < -0.4 is 16.0 Å². The molecule has 1 amide bonds. The zero-order valence-electron chi connectivity index (χ0n) is 16.9. The Morgan fingerprint density at radius 1 is 1.03 bits per heavy atom. The summed E-state index contributed by atoms with van der Waals surface area (Å²) in [4.78, 5) is 24.9. The number of anilines is 5. The van der Waals surface area contributed by atoms with E-state index in [1.54, 1.807) is 11.0 Å². The Bertz CT molecular complexity index is 1240. The van der Waals surface area contributed by atoms with Crippen LogP contribution in [0.3, 0.4) is 0 Å². The van der Waals surface area contributed by atoms with E-state index in [9.17, 15) is 4.79 Å². The normalized spacial score (nSPS) is 12.9. The highest BCUT2D eigenvalue weighted by atomic mass is 35.5. The lowest BCUT2D eigenvalue weighted by Gasteiger charge is -2.14. The number of hydrogen-bond donors (Lipinski definition) is 3. The summed E-state index contributed by atoms with van der Waals surface area (Å²) in [6.45, 7) is 0. The topological polar surface area (TPSA) is 110 Å². The minimum atomic E-state index is 0.0322. The Morgan fingerprint density at radius 2 is 1.81 bits per heavy atom. The monoisotopic (exact) mass is 446 g/mol. The molecule has 1 fully saturated rings. The first-order valence-corrected chi connectivity index (χ1v) is 10.4. The van der Waals surface area contributed by atoms with Crippen molar-refractivity contribution < 1.29 is 4.79 Å². The molecule has 0 aliphatic heterocycles. The molecule has 2 heterocycles. The molecule has 0 atom stereocenters. The van der Waals surface area contributed by atoms with E-state index in [1.165, 1.54) is 12.5 Å². The molecule has 1 aliphatic carbocycles. The second kappa shape index (κ2) is 8.64. The van der Waals surface area contributed by atoms with Crippen molar-refractivity contribution in [2.75, 3.05) is 16.0 Å². The maximum atomic E-state index is 12.2. The van der Waals surface area contributed by atoms with Gasteiger partial charge in [-0.3, -0.25) is 4.79 Å². The first kappa shape index (κ1) is 20.0. The van der Waals surface area contributed by atoms with Crippen molar-refractivity contribution in [1.82, 2.24) is 24.7 Å². The van der Waals surface area contributed by atoms with E-state index in [0.29, 0.717) is 28.2 Å². The summed E-state index contributed by atoms with van der Waals surface area (Å²) in [6, 6.07) is 15.0. The molecule has 5 rings (SSSR count). The Kier molecular flexibility index (Phi) is 5.39. The lowest BCUT2D eigenvalue weighted by atomic mass is 10.2. The van der Waals surface area contributed by atoms with Crippen LogP contribution in [0.2, 0.25) is 5.02 Å². The number of amides is 1. The summed E-state index contributed by atoms with van der Waals surface area (Å²) in [5.74, 6) is 0.948. The summed E-state index contributed by atoms with van der Waals surface area (Å²) >= 11 is 6.33. The van der Waals surface area contributed by atoms with Gasteiger partial charge in [0, 0.05) is 11.6 Å². The van der Waals surface area contributed by atoms with Gasteiger partial charge in [0.25, 0.3) is 0 Å².